The number of nitrogens with zero attached hydrogens (tertiary/aromatic N) is 3. The van der Waals surface area contributed by atoms with Crippen LogP contribution in [0.2, 0.25) is 0 Å². The highest BCUT2D eigenvalue weighted by Crippen LogP contribution is 2.23. The second-order valence-electron chi connectivity index (χ2n) is 7.06. The summed E-state index contributed by atoms with van der Waals surface area (Å²) in [6.07, 6.45) is 3.71. The van der Waals surface area contributed by atoms with Crippen molar-refractivity contribution in [2.24, 2.45) is 0 Å². The zero-order valence-corrected chi connectivity index (χ0v) is 15.3. The van der Waals surface area contributed by atoms with Gasteiger partial charge in [-0.1, -0.05) is 6.07 Å². The van der Waals surface area contributed by atoms with E-state index in [9.17, 15) is 4.79 Å². The summed E-state index contributed by atoms with van der Waals surface area (Å²) in [4.78, 5) is 24.8. The zero-order chi connectivity index (χ0) is 18.1. The van der Waals surface area contributed by atoms with Gasteiger partial charge in [0.2, 0.25) is 0 Å². The molecule has 26 heavy (non-hydrogen) atoms. The first kappa shape index (κ1) is 16.8. The molecule has 5 heteroatoms. The molecule has 1 aromatic carbocycles. The van der Waals surface area contributed by atoms with E-state index in [0.717, 1.165) is 54.9 Å². The summed E-state index contributed by atoms with van der Waals surface area (Å²) in [6.45, 7) is 8.38. The third kappa shape index (κ3) is 3.22. The van der Waals surface area contributed by atoms with Crippen molar-refractivity contribution in [3.05, 3.63) is 65.1 Å². The highest BCUT2D eigenvalue weighted by Gasteiger charge is 2.22. The van der Waals surface area contributed by atoms with Gasteiger partial charge in [0.05, 0.1) is 0 Å². The van der Waals surface area contributed by atoms with Crippen LogP contribution in [0.4, 0.5) is 0 Å². The first-order valence-corrected chi connectivity index (χ1v) is 9.11. The van der Waals surface area contributed by atoms with E-state index in [1.165, 1.54) is 11.1 Å². The molecule has 0 atom stereocenters. The fraction of sp³-hybridized carbons (Fsp3) is 0.333. The molecular formula is C21H24N4O. The maximum absolute atomic E-state index is 12.9. The van der Waals surface area contributed by atoms with Crippen molar-refractivity contribution in [3.8, 4) is 0 Å². The van der Waals surface area contributed by atoms with Crippen LogP contribution in [-0.4, -0.2) is 51.9 Å². The molecule has 134 valence electrons. The van der Waals surface area contributed by atoms with Gasteiger partial charge in [0.1, 0.15) is 0 Å². The predicted molar refractivity (Wildman–Crippen MR) is 103 cm³/mol. The van der Waals surface area contributed by atoms with Gasteiger partial charge in [-0.2, -0.15) is 0 Å². The molecule has 3 aromatic rings. The Hall–Kier alpha value is -2.66. The number of rotatable bonds is 3. The number of hydrogen-bond donors (Lipinski definition) is 1. The van der Waals surface area contributed by atoms with Gasteiger partial charge in [0.25, 0.3) is 5.91 Å². The van der Waals surface area contributed by atoms with Crippen molar-refractivity contribution in [2.45, 2.75) is 20.4 Å². The highest BCUT2D eigenvalue weighted by molar-refractivity contribution is 5.99. The average molecular weight is 348 g/mol. The van der Waals surface area contributed by atoms with E-state index in [1.807, 2.05) is 35.4 Å². The number of fused-ring (bicyclic) bond motifs is 1. The number of aryl methyl sites for hydroxylation is 2. The molecule has 0 aliphatic carbocycles. The van der Waals surface area contributed by atoms with Crippen molar-refractivity contribution in [3.63, 3.8) is 0 Å². The second kappa shape index (κ2) is 6.92. The molecule has 1 saturated heterocycles. The molecule has 3 heterocycles. The van der Waals surface area contributed by atoms with E-state index < -0.39 is 0 Å². The van der Waals surface area contributed by atoms with Crippen LogP contribution in [0.25, 0.3) is 10.9 Å². The number of carbonyl (C=O) groups excluding carboxylic acids is 1. The number of benzene rings is 1. The summed E-state index contributed by atoms with van der Waals surface area (Å²) in [5.41, 5.74) is 5.47. The lowest BCUT2D eigenvalue weighted by molar-refractivity contribution is 0.0628. The zero-order valence-electron chi connectivity index (χ0n) is 15.3. The number of piperazine rings is 1. The molecule has 0 saturated carbocycles. The molecule has 1 aliphatic heterocycles. The van der Waals surface area contributed by atoms with E-state index in [2.05, 4.69) is 34.8 Å². The lowest BCUT2D eigenvalue weighted by Gasteiger charge is -2.34. The van der Waals surface area contributed by atoms with Crippen LogP contribution in [0.15, 0.2) is 42.7 Å². The van der Waals surface area contributed by atoms with Gasteiger partial charge in [-0.3, -0.25) is 14.7 Å². The molecule has 0 spiro atoms. The maximum Gasteiger partial charge on any atom is 0.253 e. The Morgan fingerprint density at radius 3 is 2.69 bits per heavy atom. The average Bonchev–Trinajstić information content (AvgIpc) is 2.96. The fourth-order valence-electron chi connectivity index (χ4n) is 3.64. The predicted octanol–water partition coefficient (Wildman–Crippen LogP) is 3.14. The van der Waals surface area contributed by atoms with Crippen LogP contribution in [-0.2, 0) is 6.54 Å². The van der Waals surface area contributed by atoms with Crippen LogP contribution < -0.4 is 0 Å². The number of hydrogen-bond acceptors (Lipinski definition) is 3. The summed E-state index contributed by atoms with van der Waals surface area (Å²) in [7, 11) is 0. The van der Waals surface area contributed by atoms with Gasteiger partial charge < -0.3 is 9.88 Å². The Balaban J connectivity index is 1.42. The van der Waals surface area contributed by atoms with Crippen LogP contribution in [0, 0.1) is 13.8 Å². The highest BCUT2D eigenvalue weighted by atomic mass is 16.2. The molecule has 2 aromatic heterocycles. The Labute approximate surface area is 153 Å². The summed E-state index contributed by atoms with van der Waals surface area (Å²) in [5.74, 6) is 0.131. The van der Waals surface area contributed by atoms with Gasteiger partial charge in [-0.15, -0.1) is 0 Å². The van der Waals surface area contributed by atoms with Crippen LogP contribution in [0.5, 0.6) is 0 Å². The van der Waals surface area contributed by atoms with E-state index in [0.29, 0.717) is 0 Å². The molecule has 1 amide bonds. The number of aromatic amines is 1. The number of pyridine rings is 1. The minimum Gasteiger partial charge on any atom is -0.358 e. The van der Waals surface area contributed by atoms with Crippen LogP contribution >= 0.6 is 0 Å². The van der Waals surface area contributed by atoms with E-state index in [1.54, 1.807) is 6.20 Å². The Bertz CT molecular complexity index is 924. The molecule has 0 bridgehead atoms. The van der Waals surface area contributed by atoms with E-state index in [4.69, 9.17) is 0 Å². The molecule has 0 unspecified atom stereocenters. The van der Waals surface area contributed by atoms with Gasteiger partial charge >= 0.3 is 0 Å². The van der Waals surface area contributed by atoms with E-state index in [-0.39, 0.29) is 5.91 Å². The summed E-state index contributed by atoms with van der Waals surface area (Å²) in [5, 5.41) is 1.14. The molecule has 1 fully saturated rings. The van der Waals surface area contributed by atoms with Crippen molar-refractivity contribution in [1.29, 1.82) is 0 Å². The molecular weight excluding hydrogens is 324 g/mol. The normalized spacial score (nSPS) is 15.5. The van der Waals surface area contributed by atoms with Crippen molar-refractivity contribution >= 4 is 16.8 Å². The topological polar surface area (TPSA) is 52.2 Å². The minimum atomic E-state index is 0.131. The van der Waals surface area contributed by atoms with Gasteiger partial charge in [-0.05, 0) is 49.2 Å². The lowest BCUT2D eigenvalue weighted by Crippen LogP contribution is -2.48. The summed E-state index contributed by atoms with van der Waals surface area (Å²) < 4.78 is 0. The smallest absolute Gasteiger partial charge is 0.253 e. The molecule has 5 nitrogen and oxygen atoms in total. The minimum absolute atomic E-state index is 0.131. The molecule has 4 rings (SSSR count). The number of nitrogens with one attached hydrogen (secondary N) is 1. The van der Waals surface area contributed by atoms with Gasteiger partial charge in [0, 0.05) is 67.3 Å². The number of aromatic nitrogens is 2. The van der Waals surface area contributed by atoms with Crippen LogP contribution in [0.3, 0.4) is 0 Å². The maximum atomic E-state index is 12.9. The lowest BCUT2D eigenvalue weighted by atomic mass is 10.1. The first-order valence-electron chi connectivity index (χ1n) is 9.11. The second-order valence-corrected chi connectivity index (χ2v) is 7.06. The van der Waals surface area contributed by atoms with Crippen molar-refractivity contribution in [1.82, 2.24) is 19.8 Å². The quantitative estimate of drug-likeness (QED) is 0.791. The van der Waals surface area contributed by atoms with E-state index >= 15 is 0 Å². The Kier molecular flexibility index (Phi) is 4.47. The third-order valence-corrected chi connectivity index (χ3v) is 5.34. The van der Waals surface area contributed by atoms with Gasteiger partial charge in [-0.25, -0.2) is 0 Å². The molecule has 0 radical (unpaired) electrons. The molecule has 1 N–H and O–H groups in total. The monoisotopic (exact) mass is 348 g/mol. The molecule has 1 aliphatic rings. The summed E-state index contributed by atoms with van der Waals surface area (Å²) in [6, 6.07) is 10.0. The largest absolute Gasteiger partial charge is 0.358 e. The summed E-state index contributed by atoms with van der Waals surface area (Å²) >= 11 is 0. The third-order valence-electron chi connectivity index (χ3n) is 5.34. The number of carbonyl (C=O) groups is 1. The Morgan fingerprint density at radius 2 is 1.96 bits per heavy atom. The van der Waals surface area contributed by atoms with Crippen LogP contribution in [0.1, 0.15) is 27.2 Å². The fourth-order valence-corrected chi connectivity index (χ4v) is 3.64. The number of H-pyrrole nitrogens is 1. The standard InChI is InChI=1S/C21H24N4O/c1-15-16(2)23-20-6-5-18(12-19(15)20)21(26)25-10-8-24(9-11-25)14-17-4-3-7-22-13-17/h3-7,12-13,23H,8-11,14H2,1-2H3. The number of amides is 1. The SMILES string of the molecule is Cc1[nH]c2ccc(C(=O)N3CCN(Cc4cccnc4)CC3)cc2c1C. The van der Waals surface area contributed by atoms with Crippen molar-refractivity contribution in [2.75, 3.05) is 26.2 Å². The van der Waals surface area contributed by atoms with Crippen molar-refractivity contribution < 1.29 is 4.79 Å². The Morgan fingerprint density at radius 1 is 1.15 bits per heavy atom. The van der Waals surface area contributed by atoms with Gasteiger partial charge in [0.15, 0.2) is 0 Å². The first-order chi connectivity index (χ1) is 12.6.